The van der Waals surface area contributed by atoms with Crippen LogP contribution in [0.5, 0.6) is 0 Å². The Hall–Kier alpha value is -0.700. The number of aliphatic hydroxyl groups excluding tert-OH is 2. The van der Waals surface area contributed by atoms with Gasteiger partial charge in [-0.1, -0.05) is 20.8 Å². The van der Waals surface area contributed by atoms with Crippen LogP contribution < -0.4 is 0 Å². The van der Waals surface area contributed by atoms with Crippen LogP contribution in [0.4, 0.5) is 0 Å². The van der Waals surface area contributed by atoms with E-state index < -0.39 is 15.4 Å². The van der Waals surface area contributed by atoms with E-state index >= 15 is 0 Å². The van der Waals surface area contributed by atoms with Gasteiger partial charge < -0.3 is 15.1 Å². The Labute approximate surface area is 223 Å². The topological polar surface area (TPSA) is 115 Å². The molecule has 37 heavy (non-hydrogen) atoms. The summed E-state index contributed by atoms with van der Waals surface area (Å²) in [5.74, 6) is 2.95. The molecule has 0 spiro atoms. The fourth-order valence-corrected chi connectivity index (χ4v) is 11.1. The zero-order valence-corrected chi connectivity index (χ0v) is 23.8. The van der Waals surface area contributed by atoms with Crippen molar-refractivity contribution >= 4 is 16.0 Å². The summed E-state index contributed by atoms with van der Waals surface area (Å²) in [6.45, 7) is 7.66. The number of hydrogen-bond acceptors (Lipinski definition) is 5. The summed E-state index contributed by atoms with van der Waals surface area (Å²) in [5.41, 5.74) is 0.108. The first-order valence-corrected chi connectivity index (χ1v) is 16.5. The van der Waals surface area contributed by atoms with Gasteiger partial charge in [0.1, 0.15) is 5.25 Å². The summed E-state index contributed by atoms with van der Waals surface area (Å²) in [4.78, 5) is 14.6. The van der Waals surface area contributed by atoms with Crippen molar-refractivity contribution < 1.29 is 28.0 Å². The second-order valence-electron chi connectivity index (χ2n) is 14.0. The lowest BCUT2D eigenvalue weighted by Crippen LogP contribution is -2.58. The third-order valence-corrected chi connectivity index (χ3v) is 13.7. The number of nitrogens with zero attached hydrogens (tertiary/aromatic N) is 1. The molecule has 0 aromatic rings. The van der Waals surface area contributed by atoms with E-state index in [0.29, 0.717) is 61.3 Å². The van der Waals surface area contributed by atoms with Crippen LogP contribution in [-0.2, 0) is 14.9 Å². The molecule has 0 aromatic carbocycles. The summed E-state index contributed by atoms with van der Waals surface area (Å²) in [5, 5.41) is 21.2. The standard InChI is InChI=1S/C29H49NO6S/c1-18(6-11-27(33)30-14-4-5-21(17-30)37(34,35)36)23-9-10-24-22-8-7-19-15-20(31)12-13-28(19,2)25(22)16-26(32)29(23,24)3/h18-26,31-32H,4-17H2,1-3H3,(H,34,35,36). The molecule has 4 aliphatic carbocycles. The molecule has 11 unspecified atom stereocenters. The molecule has 5 fully saturated rings. The smallest absolute Gasteiger partial charge is 0.269 e. The molecule has 1 amide bonds. The van der Waals surface area contributed by atoms with Crippen molar-refractivity contribution in [2.24, 2.45) is 46.3 Å². The lowest BCUT2D eigenvalue weighted by molar-refractivity contribution is -0.175. The van der Waals surface area contributed by atoms with Crippen molar-refractivity contribution in [3.8, 4) is 0 Å². The lowest BCUT2D eigenvalue weighted by atomic mass is 9.43. The van der Waals surface area contributed by atoms with Gasteiger partial charge in [0, 0.05) is 19.5 Å². The van der Waals surface area contributed by atoms with Crippen molar-refractivity contribution in [3.63, 3.8) is 0 Å². The van der Waals surface area contributed by atoms with Gasteiger partial charge in [0.15, 0.2) is 0 Å². The molecule has 0 bridgehead atoms. The summed E-state index contributed by atoms with van der Waals surface area (Å²) in [7, 11) is -4.12. The molecule has 1 heterocycles. The van der Waals surface area contributed by atoms with Gasteiger partial charge in [0.05, 0.1) is 12.2 Å². The van der Waals surface area contributed by atoms with Gasteiger partial charge in [-0.3, -0.25) is 9.35 Å². The Balaban J connectivity index is 1.24. The van der Waals surface area contributed by atoms with Gasteiger partial charge in [-0.15, -0.1) is 0 Å². The molecule has 1 aliphatic heterocycles. The summed E-state index contributed by atoms with van der Waals surface area (Å²) in [6.07, 6.45) is 10.1. The molecule has 0 radical (unpaired) electrons. The number of amides is 1. The monoisotopic (exact) mass is 539 g/mol. The zero-order chi connectivity index (χ0) is 26.8. The summed E-state index contributed by atoms with van der Waals surface area (Å²) < 4.78 is 32.6. The Bertz CT molecular complexity index is 971. The summed E-state index contributed by atoms with van der Waals surface area (Å²) in [6, 6.07) is 0. The Kier molecular flexibility index (Phi) is 7.56. The first kappa shape index (κ1) is 27.9. The Morgan fingerprint density at radius 1 is 1.03 bits per heavy atom. The van der Waals surface area contributed by atoms with Crippen LogP contribution in [-0.4, -0.2) is 64.5 Å². The minimum Gasteiger partial charge on any atom is -0.393 e. The number of carbonyl (C=O) groups is 1. The third kappa shape index (κ3) is 4.80. The van der Waals surface area contributed by atoms with E-state index in [4.69, 9.17) is 0 Å². The fourth-order valence-electron chi connectivity index (χ4n) is 10.3. The Morgan fingerprint density at radius 3 is 2.51 bits per heavy atom. The van der Waals surface area contributed by atoms with Crippen LogP contribution in [0.15, 0.2) is 0 Å². The number of rotatable bonds is 5. The van der Waals surface area contributed by atoms with E-state index in [1.54, 1.807) is 4.90 Å². The van der Waals surface area contributed by atoms with Crippen molar-refractivity contribution in [3.05, 3.63) is 0 Å². The van der Waals surface area contributed by atoms with Gasteiger partial charge in [0.2, 0.25) is 5.91 Å². The van der Waals surface area contributed by atoms with Crippen molar-refractivity contribution in [2.45, 2.75) is 115 Å². The number of hydrogen-bond donors (Lipinski definition) is 3. The number of carbonyl (C=O) groups excluding carboxylic acids is 1. The average Bonchev–Trinajstić information content (AvgIpc) is 3.22. The van der Waals surface area contributed by atoms with E-state index in [-0.39, 0.29) is 35.5 Å². The minimum absolute atomic E-state index is 0.0186. The van der Waals surface area contributed by atoms with Crippen LogP contribution >= 0.6 is 0 Å². The van der Waals surface area contributed by atoms with Crippen molar-refractivity contribution in [1.82, 2.24) is 4.90 Å². The van der Waals surface area contributed by atoms with E-state index in [0.717, 1.165) is 44.9 Å². The van der Waals surface area contributed by atoms with E-state index in [9.17, 15) is 28.0 Å². The van der Waals surface area contributed by atoms with Crippen LogP contribution in [0.25, 0.3) is 0 Å². The van der Waals surface area contributed by atoms with Gasteiger partial charge in [-0.2, -0.15) is 8.42 Å². The quantitative estimate of drug-likeness (QED) is 0.450. The number of likely N-dealkylation sites (tertiary alicyclic amines) is 1. The van der Waals surface area contributed by atoms with Gasteiger partial charge in [-0.05, 0) is 117 Å². The maximum absolute atomic E-state index is 13.0. The highest BCUT2D eigenvalue weighted by atomic mass is 32.2. The van der Waals surface area contributed by atoms with Crippen LogP contribution in [0.1, 0.15) is 97.8 Å². The van der Waals surface area contributed by atoms with Gasteiger partial charge >= 0.3 is 0 Å². The predicted molar refractivity (Wildman–Crippen MR) is 142 cm³/mol. The molecule has 5 aliphatic rings. The molecule has 8 heteroatoms. The van der Waals surface area contributed by atoms with E-state index in [1.807, 2.05) is 0 Å². The molecular formula is C29H49NO6S. The number of aliphatic hydroxyl groups is 2. The molecular weight excluding hydrogens is 490 g/mol. The molecule has 5 rings (SSSR count). The molecule has 0 aromatic heterocycles. The third-order valence-electron chi connectivity index (χ3n) is 12.5. The summed E-state index contributed by atoms with van der Waals surface area (Å²) >= 11 is 0. The van der Waals surface area contributed by atoms with Gasteiger partial charge in [-0.25, -0.2) is 0 Å². The molecule has 7 nitrogen and oxygen atoms in total. The first-order chi connectivity index (χ1) is 17.4. The highest BCUT2D eigenvalue weighted by molar-refractivity contribution is 7.86. The highest BCUT2D eigenvalue weighted by Gasteiger charge is 2.63. The molecule has 3 N–H and O–H groups in total. The highest BCUT2D eigenvalue weighted by Crippen LogP contribution is 2.68. The largest absolute Gasteiger partial charge is 0.393 e. The Morgan fingerprint density at radius 2 is 1.78 bits per heavy atom. The van der Waals surface area contributed by atoms with Crippen molar-refractivity contribution in [2.75, 3.05) is 13.1 Å². The SMILES string of the molecule is CC(CCC(=O)N1CCCC(S(=O)(=O)O)C1)C1CCC2C3CCC4CC(O)CCC4(C)C3CC(O)C12C. The first-order valence-electron chi connectivity index (χ1n) is 15.0. The molecule has 4 saturated carbocycles. The second-order valence-corrected chi connectivity index (χ2v) is 15.7. The van der Waals surface area contributed by atoms with Crippen molar-refractivity contribution in [1.29, 1.82) is 0 Å². The van der Waals surface area contributed by atoms with Crippen LogP contribution in [0.3, 0.4) is 0 Å². The van der Waals surface area contributed by atoms with E-state index in [2.05, 4.69) is 20.8 Å². The molecule has 11 atom stereocenters. The number of fused-ring (bicyclic) bond motifs is 5. The van der Waals surface area contributed by atoms with Crippen LogP contribution in [0, 0.1) is 46.3 Å². The maximum Gasteiger partial charge on any atom is 0.269 e. The maximum atomic E-state index is 13.0. The minimum atomic E-state index is -4.12. The number of piperidine rings is 1. The molecule has 212 valence electrons. The molecule has 1 saturated heterocycles. The second kappa shape index (κ2) is 10.0. The normalized spacial score (nSPS) is 47.0. The van der Waals surface area contributed by atoms with Crippen LogP contribution in [0.2, 0.25) is 0 Å². The predicted octanol–water partition coefficient (Wildman–Crippen LogP) is 4.27. The lowest BCUT2D eigenvalue weighted by Gasteiger charge is -2.62. The average molecular weight is 540 g/mol. The van der Waals surface area contributed by atoms with Gasteiger partial charge in [0.25, 0.3) is 10.1 Å². The zero-order valence-electron chi connectivity index (χ0n) is 23.0. The fraction of sp³-hybridized carbons (Fsp3) is 0.966. The van der Waals surface area contributed by atoms with E-state index in [1.165, 1.54) is 12.8 Å².